The summed E-state index contributed by atoms with van der Waals surface area (Å²) in [5, 5.41) is 4.27. The number of pyridine rings is 3. The molecule has 4 aromatic heterocycles. The summed E-state index contributed by atoms with van der Waals surface area (Å²) in [6.45, 7) is 7.14. The molecular weight excluding hydrogens is 573 g/mol. The first kappa shape index (κ1) is 29.9. The third-order valence-electron chi connectivity index (χ3n) is 7.64. The van der Waals surface area contributed by atoms with Crippen molar-refractivity contribution < 1.29 is 18.7 Å². The second kappa shape index (κ2) is 12.4. The number of H-pyrrole nitrogens is 1. The number of anilines is 1. The minimum atomic E-state index is -0.611. The van der Waals surface area contributed by atoms with Crippen molar-refractivity contribution in [3.8, 4) is 11.1 Å². The molecule has 1 aliphatic rings. The highest BCUT2D eigenvalue weighted by Crippen LogP contribution is 2.36. The summed E-state index contributed by atoms with van der Waals surface area (Å²) in [6, 6.07) is 10.7. The number of aromatic amines is 1. The van der Waals surface area contributed by atoms with Gasteiger partial charge in [-0.2, -0.15) is 4.99 Å². The maximum Gasteiger partial charge on any atom is 0.433 e. The highest BCUT2D eigenvalue weighted by Gasteiger charge is 2.23. The van der Waals surface area contributed by atoms with Crippen LogP contribution >= 0.6 is 0 Å². The van der Waals surface area contributed by atoms with Crippen molar-refractivity contribution in [1.29, 1.82) is 0 Å². The van der Waals surface area contributed by atoms with Crippen LogP contribution in [0.3, 0.4) is 0 Å². The van der Waals surface area contributed by atoms with Crippen molar-refractivity contribution in [3.05, 3.63) is 84.3 Å². The molecule has 1 aromatic carbocycles. The molecule has 0 saturated carbocycles. The maximum atomic E-state index is 15.6. The molecule has 2 amide bonds. The van der Waals surface area contributed by atoms with Crippen LogP contribution in [0.2, 0.25) is 0 Å². The second-order valence-electron chi connectivity index (χ2n) is 12.2. The molecule has 1 fully saturated rings. The number of aliphatic imine (C=N–C) groups is 1. The molecule has 0 aliphatic carbocycles. The number of aromatic nitrogens is 4. The van der Waals surface area contributed by atoms with Gasteiger partial charge < -0.3 is 19.9 Å². The van der Waals surface area contributed by atoms with Crippen LogP contribution in [0.5, 0.6) is 0 Å². The number of fused-ring (bicyclic) bond motifs is 2. The number of halogens is 1. The van der Waals surface area contributed by atoms with Gasteiger partial charge in [-0.1, -0.05) is 6.07 Å². The van der Waals surface area contributed by atoms with E-state index >= 15 is 4.39 Å². The van der Waals surface area contributed by atoms with Crippen molar-refractivity contribution in [2.24, 2.45) is 10.9 Å². The first-order valence-electron chi connectivity index (χ1n) is 14.9. The predicted octanol–water partition coefficient (Wildman–Crippen LogP) is 6.46. The van der Waals surface area contributed by atoms with Crippen LogP contribution in [0.15, 0.2) is 72.4 Å². The van der Waals surface area contributed by atoms with E-state index in [-0.39, 0.29) is 17.3 Å². The Balaban J connectivity index is 1.28. The first-order valence-corrected chi connectivity index (χ1v) is 14.9. The highest BCUT2D eigenvalue weighted by atomic mass is 19.1. The summed E-state index contributed by atoms with van der Waals surface area (Å²) in [4.78, 5) is 47.3. The summed E-state index contributed by atoms with van der Waals surface area (Å²) in [5.74, 6) is -0.687. The molecule has 1 aliphatic heterocycles. The van der Waals surface area contributed by atoms with Gasteiger partial charge in [0.25, 0.3) is 5.91 Å². The predicted molar refractivity (Wildman–Crippen MR) is 172 cm³/mol. The number of nitrogens with one attached hydrogen (secondary N) is 2. The summed E-state index contributed by atoms with van der Waals surface area (Å²) < 4.78 is 20.9. The number of carbonyl (C=O) groups excluding carboxylic acids is 2. The van der Waals surface area contributed by atoms with Crippen LogP contribution in [0.25, 0.3) is 33.1 Å². The average Bonchev–Trinajstić information content (AvgIpc) is 3.46. The van der Waals surface area contributed by atoms with Crippen LogP contribution in [0.4, 0.5) is 14.9 Å². The van der Waals surface area contributed by atoms with Gasteiger partial charge in [0.2, 0.25) is 0 Å². The Bertz CT molecular complexity index is 1900. The van der Waals surface area contributed by atoms with E-state index in [9.17, 15) is 9.59 Å². The third-order valence-corrected chi connectivity index (χ3v) is 7.64. The van der Waals surface area contributed by atoms with Gasteiger partial charge in [-0.25, -0.2) is 14.2 Å². The Morgan fingerprint density at radius 1 is 1.16 bits per heavy atom. The van der Waals surface area contributed by atoms with Gasteiger partial charge in [-0.05, 0) is 75.1 Å². The summed E-state index contributed by atoms with van der Waals surface area (Å²) in [7, 11) is 0. The van der Waals surface area contributed by atoms with Gasteiger partial charge in [0.05, 0.1) is 5.56 Å². The van der Waals surface area contributed by atoms with E-state index in [2.05, 4.69) is 35.1 Å². The van der Waals surface area contributed by atoms with Crippen LogP contribution in [-0.2, 0) is 11.3 Å². The highest BCUT2D eigenvalue weighted by molar-refractivity contribution is 6.03. The Morgan fingerprint density at radius 3 is 2.82 bits per heavy atom. The van der Waals surface area contributed by atoms with Gasteiger partial charge in [-0.3, -0.25) is 14.8 Å². The lowest BCUT2D eigenvalue weighted by atomic mass is 9.97. The lowest BCUT2D eigenvalue weighted by Crippen LogP contribution is -2.36. The zero-order chi connectivity index (χ0) is 31.6. The van der Waals surface area contributed by atoms with Gasteiger partial charge in [-0.15, -0.1) is 0 Å². The van der Waals surface area contributed by atoms with Crippen molar-refractivity contribution in [2.45, 2.75) is 45.8 Å². The first-order chi connectivity index (χ1) is 21.6. The SMILES string of the molecule is CC(C)(C)OC(=O)/N=C/C1CCCN(c2ccnc3c(F)cc(-c4c[nH]c5ncc(C(=O)NCc6cccnc6)cc45)cc23)C1. The summed E-state index contributed by atoms with van der Waals surface area (Å²) >= 11 is 0. The molecule has 5 aromatic rings. The normalized spacial score (nSPS) is 15.6. The zero-order valence-corrected chi connectivity index (χ0v) is 25.4. The van der Waals surface area contributed by atoms with Crippen LogP contribution < -0.4 is 10.2 Å². The molecule has 6 rings (SSSR count). The third kappa shape index (κ3) is 6.82. The molecule has 5 heterocycles. The summed E-state index contributed by atoms with van der Waals surface area (Å²) in [6.07, 6.45) is 11.1. The Hall–Kier alpha value is -5.19. The van der Waals surface area contributed by atoms with E-state index < -0.39 is 17.5 Å². The van der Waals surface area contributed by atoms with E-state index in [1.54, 1.807) is 57.8 Å². The smallest absolute Gasteiger partial charge is 0.433 e. The van der Waals surface area contributed by atoms with E-state index in [1.807, 2.05) is 24.3 Å². The number of amides is 2. The topological polar surface area (TPSA) is 125 Å². The number of rotatable bonds is 6. The number of piperidine rings is 1. The lowest BCUT2D eigenvalue weighted by Gasteiger charge is -2.33. The Labute approximate surface area is 259 Å². The van der Waals surface area contributed by atoms with Crippen molar-refractivity contribution in [2.75, 3.05) is 18.0 Å². The molecule has 1 atom stereocenters. The standard InChI is InChI=1S/C34H34FN7O3/c1-34(2,3)45-33(44)41-17-22-7-5-11-42(20-22)29-8-10-37-30-26(29)12-23(14-28(30)35)27-19-39-31-25(27)13-24(18-38-31)32(43)40-16-21-6-4-9-36-15-21/h4,6,8-10,12-15,17-19,22H,5,7,11,16,20H2,1-3H3,(H,38,39)(H,40,43)/b41-17+. The minimum Gasteiger partial charge on any atom is -0.442 e. The average molecular weight is 608 g/mol. The van der Waals surface area contributed by atoms with Crippen molar-refractivity contribution in [1.82, 2.24) is 25.3 Å². The fraction of sp³-hybridized carbons (Fsp3) is 0.294. The number of nitrogens with zero attached hydrogens (tertiary/aromatic N) is 5. The molecule has 11 heteroatoms. The number of hydrogen-bond acceptors (Lipinski definition) is 7. The monoisotopic (exact) mass is 607 g/mol. The Morgan fingerprint density at radius 2 is 2.02 bits per heavy atom. The fourth-order valence-electron chi connectivity index (χ4n) is 5.59. The number of carbonyl (C=O) groups is 2. The molecule has 0 radical (unpaired) electrons. The molecular formula is C34H34FN7O3. The molecule has 45 heavy (non-hydrogen) atoms. The molecule has 10 nitrogen and oxygen atoms in total. The van der Waals surface area contributed by atoms with Crippen LogP contribution in [0, 0.1) is 11.7 Å². The van der Waals surface area contributed by atoms with E-state index in [4.69, 9.17) is 4.74 Å². The van der Waals surface area contributed by atoms with Gasteiger partial charge in [0.1, 0.15) is 22.6 Å². The second-order valence-corrected chi connectivity index (χ2v) is 12.2. The van der Waals surface area contributed by atoms with E-state index in [0.717, 1.165) is 36.2 Å². The zero-order valence-electron chi connectivity index (χ0n) is 25.4. The molecule has 0 spiro atoms. The van der Waals surface area contributed by atoms with Crippen molar-refractivity contribution in [3.63, 3.8) is 0 Å². The number of hydrogen-bond donors (Lipinski definition) is 2. The molecule has 2 N–H and O–H groups in total. The van der Waals surface area contributed by atoms with E-state index in [0.29, 0.717) is 40.6 Å². The maximum absolute atomic E-state index is 15.6. The van der Waals surface area contributed by atoms with Crippen LogP contribution in [-0.4, -0.2) is 56.8 Å². The van der Waals surface area contributed by atoms with Gasteiger partial charge >= 0.3 is 6.09 Å². The molecule has 1 saturated heterocycles. The fourth-order valence-corrected chi connectivity index (χ4v) is 5.59. The van der Waals surface area contributed by atoms with Gasteiger partial charge in [0.15, 0.2) is 0 Å². The largest absolute Gasteiger partial charge is 0.442 e. The van der Waals surface area contributed by atoms with Crippen LogP contribution in [0.1, 0.15) is 49.5 Å². The van der Waals surface area contributed by atoms with Gasteiger partial charge in [0, 0.05) is 84.8 Å². The molecule has 0 bridgehead atoms. The Kier molecular flexibility index (Phi) is 8.25. The number of ether oxygens (including phenoxy) is 1. The minimum absolute atomic E-state index is 0.0323. The molecule has 230 valence electrons. The quantitative estimate of drug-likeness (QED) is 0.212. The summed E-state index contributed by atoms with van der Waals surface area (Å²) in [5.41, 5.74) is 3.73. The number of benzene rings is 1. The van der Waals surface area contributed by atoms with Crippen molar-refractivity contribution >= 4 is 45.8 Å². The van der Waals surface area contributed by atoms with E-state index in [1.165, 1.54) is 12.3 Å². The molecule has 1 unspecified atom stereocenters. The lowest BCUT2D eigenvalue weighted by molar-refractivity contribution is 0.0604.